The van der Waals surface area contributed by atoms with E-state index in [9.17, 15) is 9.59 Å². The predicted molar refractivity (Wildman–Crippen MR) is 114 cm³/mol. The lowest BCUT2D eigenvalue weighted by Gasteiger charge is -2.31. The molecule has 5 nitrogen and oxygen atoms in total. The van der Waals surface area contributed by atoms with E-state index in [2.05, 4.69) is 13.8 Å². The van der Waals surface area contributed by atoms with Gasteiger partial charge in [0, 0.05) is 19.1 Å². The van der Waals surface area contributed by atoms with Gasteiger partial charge in [0.05, 0.1) is 29.7 Å². The smallest absolute Gasteiger partial charge is 0.340 e. The second kappa shape index (κ2) is 9.97. The number of hydrogen-bond donors (Lipinski definition) is 0. The van der Waals surface area contributed by atoms with E-state index in [1.165, 1.54) is 0 Å². The molecule has 0 fully saturated rings. The van der Waals surface area contributed by atoms with Gasteiger partial charge in [0.15, 0.2) is 5.78 Å². The maximum atomic E-state index is 13.0. The molecular weight excluding hydrogens is 366 g/mol. The van der Waals surface area contributed by atoms with Crippen LogP contribution in [-0.4, -0.2) is 36.6 Å². The van der Waals surface area contributed by atoms with E-state index in [1.807, 2.05) is 38.2 Å². The van der Waals surface area contributed by atoms with Gasteiger partial charge in [-0.1, -0.05) is 45.1 Å². The third-order valence-electron chi connectivity index (χ3n) is 5.15. The number of aromatic nitrogens is 1. The van der Waals surface area contributed by atoms with Crippen LogP contribution < -0.4 is 0 Å². The third kappa shape index (κ3) is 5.63. The first-order valence-electron chi connectivity index (χ1n) is 10.3. The van der Waals surface area contributed by atoms with E-state index < -0.39 is 5.97 Å². The Morgan fingerprint density at radius 1 is 1.24 bits per heavy atom. The van der Waals surface area contributed by atoms with E-state index in [0.717, 1.165) is 17.7 Å². The Kier molecular flexibility index (Phi) is 7.91. The first kappa shape index (κ1) is 23.0. The van der Waals surface area contributed by atoms with Gasteiger partial charge in [-0.3, -0.25) is 9.78 Å². The first-order chi connectivity index (χ1) is 13.7. The molecule has 0 radical (unpaired) electrons. The molecule has 1 atom stereocenters. The standard InChI is InChI=1S/C24H33NO4/c1-7-18-22(23(27)29-8-2)17(13-11-9-10-12-16(3)28-6)21-19(25-18)14-24(4,5)15-20(21)26/h9-12,16H,7-8,13-15H2,1-6H3/b11-9-,12-10-. The molecule has 0 aromatic carbocycles. The summed E-state index contributed by atoms with van der Waals surface area (Å²) in [7, 11) is 1.66. The number of fused-ring (bicyclic) bond motifs is 1. The van der Waals surface area contributed by atoms with Crippen molar-refractivity contribution in [2.45, 2.75) is 66.4 Å². The fourth-order valence-corrected chi connectivity index (χ4v) is 3.71. The molecule has 0 spiro atoms. The molecule has 0 N–H and O–H groups in total. The Labute approximate surface area is 174 Å². The van der Waals surface area contributed by atoms with Crippen LogP contribution in [-0.2, 0) is 28.7 Å². The van der Waals surface area contributed by atoms with Gasteiger partial charge in [-0.2, -0.15) is 0 Å². The molecule has 0 saturated heterocycles. The summed E-state index contributed by atoms with van der Waals surface area (Å²) in [5.41, 5.74) is 3.21. The van der Waals surface area contributed by atoms with Crippen molar-refractivity contribution in [3.8, 4) is 0 Å². The zero-order valence-corrected chi connectivity index (χ0v) is 18.5. The average molecular weight is 400 g/mol. The zero-order chi connectivity index (χ0) is 21.6. The molecule has 1 aliphatic rings. The van der Waals surface area contributed by atoms with Crippen molar-refractivity contribution in [3.63, 3.8) is 0 Å². The normalized spacial score (nSPS) is 17.0. The van der Waals surface area contributed by atoms with Gasteiger partial charge in [0.1, 0.15) is 0 Å². The highest BCUT2D eigenvalue weighted by molar-refractivity contribution is 6.04. The van der Waals surface area contributed by atoms with Gasteiger partial charge in [-0.25, -0.2) is 4.79 Å². The monoisotopic (exact) mass is 399 g/mol. The quantitative estimate of drug-likeness (QED) is 0.470. The molecule has 1 heterocycles. The van der Waals surface area contributed by atoms with Crippen LogP contribution in [0, 0.1) is 5.41 Å². The number of hydrogen-bond acceptors (Lipinski definition) is 5. The van der Waals surface area contributed by atoms with E-state index >= 15 is 0 Å². The second-order valence-corrected chi connectivity index (χ2v) is 8.21. The molecule has 0 saturated carbocycles. The van der Waals surface area contributed by atoms with Gasteiger partial charge in [0.2, 0.25) is 0 Å². The fourth-order valence-electron chi connectivity index (χ4n) is 3.71. The second-order valence-electron chi connectivity index (χ2n) is 8.21. The molecule has 0 aliphatic heterocycles. The number of aryl methyl sites for hydroxylation is 1. The summed E-state index contributed by atoms with van der Waals surface area (Å²) < 4.78 is 10.5. The van der Waals surface area contributed by atoms with Crippen molar-refractivity contribution < 1.29 is 19.1 Å². The number of rotatable bonds is 8. The summed E-state index contributed by atoms with van der Waals surface area (Å²) in [4.78, 5) is 30.5. The summed E-state index contributed by atoms with van der Waals surface area (Å²) in [6.07, 6.45) is 10.0. The number of ketones is 1. The molecule has 1 aliphatic carbocycles. The van der Waals surface area contributed by atoms with Crippen LogP contribution in [0.1, 0.15) is 78.7 Å². The number of allylic oxidation sites excluding steroid dienone is 3. The number of carbonyl (C=O) groups excluding carboxylic acids is 2. The van der Waals surface area contributed by atoms with Crippen molar-refractivity contribution in [1.29, 1.82) is 0 Å². The van der Waals surface area contributed by atoms with E-state index in [4.69, 9.17) is 14.5 Å². The van der Waals surface area contributed by atoms with Crippen LogP contribution in [0.5, 0.6) is 0 Å². The van der Waals surface area contributed by atoms with Crippen molar-refractivity contribution in [2.75, 3.05) is 13.7 Å². The van der Waals surface area contributed by atoms with Crippen LogP contribution in [0.4, 0.5) is 0 Å². The molecule has 1 aromatic rings. The minimum Gasteiger partial charge on any atom is -0.462 e. The third-order valence-corrected chi connectivity index (χ3v) is 5.15. The highest BCUT2D eigenvalue weighted by Gasteiger charge is 2.36. The minimum absolute atomic E-state index is 0.0268. The van der Waals surface area contributed by atoms with Crippen LogP contribution in [0.15, 0.2) is 24.3 Å². The fraction of sp³-hybridized carbons (Fsp3) is 0.542. The number of pyridine rings is 1. The topological polar surface area (TPSA) is 65.5 Å². The van der Waals surface area contributed by atoms with Crippen LogP contribution in [0.2, 0.25) is 0 Å². The van der Waals surface area contributed by atoms with E-state index in [-0.39, 0.29) is 23.9 Å². The van der Waals surface area contributed by atoms with E-state index in [1.54, 1.807) is 14.0 Å². The summed E-state index contributed by atoms with van der Waals surface area (Å²) in [5.74, 6) is -0.340. The molecule has 1 aromatic heterocycles. The number of carbonyl (C=O) groups is 2. The molecule has 29 heavy (non-hydrogen) atoms. The highest BCUT2D eigenvalue weighted by atomic mass is 16.5. The van der Waals surface area contributed by atoms with Gasteiger partial charge >= 0.3 is 5.97 Å². The summed E-state index contributed by atoms with van der Waals surface area (Å²) in [6.45, 7) is 10.2. The summed E-state index contributed by atoms with van der Waals surface area (Å²) in [6, 6.07) is 0. The lowest BCUT2D eigenvalue weighted by atomic mass is 9.73. The number of methoxy groups -OCH3 is 1. The molecule has 2 rings (SSSR count). The molecule has 0 amide bonds. The van der Waals surface area contributed by atoms with Gasteiger partial charge in [0.25, 0.3) is 0 Å². The molecule has 1 unspecified atom stereocenters. The van der Waals surface area contributed by atoms with Crippen molar-refractivity contribution >= 4 is 11.8 Å². The Bertz CT molecular complexity index is 821. The zero-order valence-electron chi connectivity index (χ0n) is 18.5. The molecular formula is C24H33NO4. The van der Waals surface area contributed by atoms with Crippen LogP contribution >= 0.6 is 0 Å². The number of nitrogens with zero attached hydrogens (tertiary/aromatic N) is 1. The largest absolute Gasteiger partial charge is 0.462 e. The van der Waals surface area contributed by atoms with Crippen LogP contribution in [0.25, 0.3) is 0 Å². The maximum absolute atomic E-state index is 13.0. The molecule has 0 bridgehead atoms. The number of ether oxygens (including phenoxy) is 2. The van der Waals surface area contributed by atoms with Gasteiger partial charge in [-0.05, 0) is 44.1 Å². The Morgan fingerprint density at radius 3 is 2.59 bits per heavy atom. The minimum atomic E-state index is -0.399. The maximum Gasteiger partial charge on any atom is 0.340 e. The average Bonchev–Trinajstić information content (AvgIpc) is 2.65. The molecule has 5 heteroatoms. The summed E-state index contributed by atoms with van der Waals surface area (Å²) in [5, 5.41) is 0. The number of esters is 1. The van der Waals surface area contributed by atoms with Gasteiger partial charge < -0.3 is 9.47 Å². The Morgan fingerprint density at radius 2 is 1.97 bits per heavy atom. The Hall–Kier alpha value is -2.27. The Balaban J connectivity index is 2.54. The lowest BCUT2D eigenvalue weighted by molar-refractivity contribution is 0.0523. The highest BCUT2D eigenvalue weighted by Crippen LogP contribution is 2.37. The molecule has 158 valence electrons. The van der Waals surface area contributed by atoms with Crippen molar-refractivity contribution in [3.05, 3.63) is 52.4 Å². The van der Waals surface area contributed by atoms with E-state index in [0.29, 0.717) is 36.1 Å². The van der Waals surface area contributed by atoms with Crippen LogP contribution in [0.3, 0.4) is 0 Å². The van der Waals surface area contributed by atoms with Crippen molar-refractivity contribution in [2.24, 2.45) is 5.41 Å². The van der Waals surface area contributed by atoms with Gasteiger partial charge in [-0.15, -0.1) is 0 Å². The SMILES string of the molecule is CCOC(=O)c1c(CC)nc2c(c1C/C=C\C=C/C(C)OC)C(=O)CC(C)(C)C2. The predicted octanol–water partition coefficient (Wildman–Crippen LogP) is 4.67. The number of Topliss-reactive ketones (excluding diaryl/α,β-unsaturated/α-hetero) is 1. The lowest BCUT2D eigenvalue weighted by Crippen LogP contribution is -2.31. The first-order valence-corrected chi connectivity index (χ1v) is 10.3. The van der Waals surface area contributed by atoms with Crippen molar-refractivity contribution in [1.82, 2.24) is 4.98 Å². The summed E-state index contributed by atoms with van der Waals surface area (Å²) >= 11 is 0.